The highest BCUT2D eigenvalue weighted by Gasteiger charge is 2.56. The van der Waals surface area contributed by atoms with Crippen LogP contribution in [0.25, 0.3) is 0 Å². The third-order valence-electron chi connectivity index (χ3n) is 5.57. The number of nitrogen functional groups attached to an aromatic ring is 1. The van der Waals surface area contributed by atoms with Gasteiger partial charge in [-0.1, -0.05) is 36.4 Å². The lowest BCUT2D eigenvalue weighted by atomic mass is 10.1. The van der Waals surface area contributed by atoms with Gasteiger partial charge in [-0.25, -0.2) is 9.36 Å². The van der Waals surface area contributed by atoms with Gasteiger partial charge in [-0.05, 0) is 44.2 Å². The van der Waals surface area contributed by atoms with Gasteiger partial charge in [0.15, 0.2) is 12.0 Å². The molecule has 0 radical (unpaired) electrons. The van der Waals surface area contributed by atoms with Crippen molar-refractivity contribution in [1.82, 2.24) is 9.55 Å². The molecule has 0 spiro atoms. The number of para-hydroxylation sites is 2. The van der Waals surface area contributed by atoms with Crippen molar-refractivity contribution in [2.24, 2.45) is 0 Å². The number of rotatable bonds is 8. The quantitative estimate of drug-likeness (QED) is 0.444. The van der Waals surface area contributed by atoms with Gasteiger partial charge in [0.25, 0.3) is 0 Å². The van der Waals surface area contributed by atoms with E-state index < -0.39 is 43.8 Å². The lowest BCUT2D eigenvalue weighted by molar-refractivity contribution is -0.200. The molecular weight excluding hydrogens is 489 g/mol. The molecule has 0 amide bonds. The molecule has 3 heterocycles. The molecule has 0 unspecified atom stereocenters. The zero-order valence-corrected chi connectivity index (χ0v) is 20.5. The molecule has 1 aromatic heterocycles. The Morgan fingerprint density at radius 3 is 2.14 bits per heavy atom. The maximum Gasteiger partial charge on any atom is 0.587 e. The number of phosphoric acid groups is 1. The average Bonchev–Trinajstić information content (AvgIpc) is 3.32. The number of ether oxygens (including phenoxy) is 3. The fraction of sp³-hybridized carbons (Fsp3) is 0.333. The van der Waals surface area contributed by atoms with Gasteiger partial charge in [-0.3, -0.25) is 9.09 Å². The van der Waals surface area contributed by atoms with Crippen molar-refractivity contribution in [2.45, 2.75) is 44.2 Å². The van der Waals surface area contributed by atoms with Crippen LogP contribution in [-0.4, -0.2) is 40.3 Å². The molecule has 2 fully saturated rings. The number of nitrogens with two attached hydrogens (primary N) is 1. The van der Waals surface area contributed by atoms with Crippen molar-refractivity contribution in [3.8, 4) is 11.5 Å². The van der Waals surface area contributed by atoms with Crippen molar-refractivity contribution in [1.29, 1.82) is 0 Å². The summed E-state index contributed by atoms with van der Waals surface area (Å²) in [5, 5.41) is 0. The Bertz CT molecular complexity index is 1260. The van der Waals surface area contributed by atoms with Crippen molar-refractivity contribution >= 4 is 13.6 Å². The van der Waals surface area contributed by atoms with Gasteiger partial charge in [-0.15, -0.1) is 0 Å². The van der Waals surface area contributed by atoms with E-state index in [-0.39, 0.29) is 12.4 Å². The SMILES string of the molecule is CC1(C)O[C@@H]2[C@H](O1)[C@@H](COP(=O)(Oc1ccccc1)Oc1ccccc1)O[C@H]2n1ccc(N)nc1=O. The second-order valence-corrected chi connectivity index (χ2v) is 10.2. The summed E-state index contributed by atoms with van der Waals surface area (Å²) in [5.41, 5.74) is 5.03. The molecule has 0 bridgehead atoms. The van der Waals surface area contributed by atoms with Crippen LogP contribution in [0.15, 0.2) is 77.7 Å². The van der Waals surface area contributed by atoms with Crippen LogP contribution in [-0.2, 0) is 23.3 Å². The summed E-state index contributed by atoms with van der Waals surface area (Å²) in [6.07, 6.45) is -1.43. The van der Waals surface area contributed by atoms with Crippen LogP contribution in [0, 0.1) is 0 Å². The van der Waals surface area contributed by atoms with Crippen molar-refractivity contribution in [2.75, 3.05) is 12.3 Å². The van der Waals surface area contributed by atoms with E-state index in [2.05, 4.69) is 4.98 Å². The number of aromatic nitrogens is 2. The van der Waals surface area contributed by atoms with Crippen LogP contribution in [0.2, 0.25) is 0 Å². The first kappa shape index (κ1) is 24.5. The third-order valence-corrected chi connectivity index (χ3v) is 6.90. The molecule has 190 valence electrons. The molecule has 0 saturated carbocycles. The van der Waals surface area contributed by atoms with Gasteiger partial charge >= 0.3 is 13.5 Å². The van der Waals surface area contributed by atoms with Crippen LogP contribution in [0.3, 0.4) is 0 Å². The largest absolute Gasteiger partial charge is 0.587 e. The Balaban J connectivity index is 1.38. The summed E-state index contributed by atoms with van der Waals surface area (Å²) in [6, 6.07) is 18.6. The first-order valence-corrected chi connectivity index (χ1v) is 12.8. The Morgan fingerprint density at radius 2 is 1.56 bits per heavy atom. The maximum atomic E-state index is 13.7. The number of phosphoric ester groups is 1. The standard InChI is InChI=1S/C24H26N3O8P/c1-24(2)32-20-18(31-22(21(20)33-24)27-14-13-19(25)26-23(27)28)15-30-36(29,34-16-9-5-3-6-10-16)35-17-11-7-4-8-12-17/h3-14,18,20-22H,15H2,1-2H3,(H2,25,26,28)/t18-,20-,21-,22-/m1/s1. The fourth-order valence-electron chi connectivity index (χ4n) is 4.09. The minimum atomic E-state index is -4.17. The molecule has 5 rings (SSSR count). The number of hydrogen-bond donors (Lipinski definition) is 1. The van der Waals surface area contributed by atoms with Gasteiger partial charge < -0.3 is 29.0 Å². The summed E-state index contributed by atoms with van der Waals surface area (Å²) in [4.78, 5) is 16.3. The van der Waals surface area contributed by atoms with Crippen LogP contribution in [0.5, 0.6) is 11.5 Å². The van der Waals surface area contributed by atoms with Crippen LogP contribution >= 0.6 is 7.82 Å². The Labute approximate surface area is 207 Å². The van der Waals surface area contributed by atoms with E-state index in [0.717, 1.165) is 0 Å². The van der Waals surface area contributed by atoms with E-state index in [4.69, 9.17) is 33.5 Å². The summed E-state index contributed by atoms with van der Waals surface area (Å²) in [6.45, 7) is 3.28. The minimum Gasteiger partial charge on any atom is -0.395 e. The first-order valence-electron chi connectivity index (χ1n) is 11.3. The summed E-state index contributed by atoms with van der Waals surface area (Å²) in [7, 11) is -4.17. The van der Waals surface area contributed by atoms with Crippen molar-refractivity contribution < 1.29 is 32.3 Å². The number of anilines is 1. The summed E-state index contributed by atoms with van der Waals surface area (Å²) < 4.78 is 50.2. The molecule has 12 heteroatoms. The highest BCUT2D eigenvalue weighted by atomic mass is 31.2. The van der Waals surface area contributed by atoms with Gasteiger partial charge in [0.2, 0.25) is 0 Å². The molecule has 2 saturated heterocycles. The molecule has 3 aromatic rings. The van der Waals surface area contributed by atoms with E-state index in [1.165, 1.54) is 16.8 Å². The second-order valence-electron chi connectivity index (χ2n) is 8.72. The zero-order chi connectivity index (χ0) is 25.3. The Morgan fingerprint density at radius 1 is 0.972 bits per heavy atom. The second kappa shape index (κ2) is 9.68. The highest BCUT2D eigenvalue weighted by Crippen LogP contribution is 2.51. The summed E-state index contributed by atoms with van der Waals surface area (Å²) >= 11 is 0. The third kappa shape index (κ3) is 5.30. The van der Waals surface area contributed by atoms with Crippen molar-refractivity contribution in [3.63, 3.8) is 0 Å². The molecule has 0 aliphatic carbocycles. The van der Waals surface area contributed by atoms with Crippen LogP contribution < -0.4 is 20.5 Å². The monoisotopic (exact) mass is 515 g/mol. The number of hydrogen-bond acceptors (Lipinski definition) is 10. The number of benzene rings is 2. The molecule has 2 aromatic carbocycles. The molecular formula is C24H26N3O8P. The van der Waals surface area contributed by atoms with Crippen molar-refractivity contribution in [3.05, 3.63) is 83.4 Å². The normalized spacial score (nSPS) is 24.8. The molecule has 2 aliphatic heterocycles. The predicted octanol–water partition coefficient (Wildman–Crippen LogP) is 3.53. The molecule has 11 nitrogen and oxygen atoms in total. The van der Waals surface area contributed by atoms with Gasteiger partial charge in [0.05, 0.1) is 6.61 Å². The molecule has 36 heavy (non-hydrogen) atoms. The maximum absolute atomic E-state index is 13.7. The highest BCUT2D eigenvalue weighted by molar-refractivity contribution is 7.49. The lowest BCUT2D eigenvalue weighted by Crippen LogP contribution is -2.35. The zero-order valence-electron chi connectivity index (χ0n) is 19.6. The van der Waals surface area contributed by atoms with E-state index in [1.807, 2.05) is 0 Å². The van der Waals surface area contributed by atoms with E-state index >= 15 is 0 Å². The van der Waals surface area contributed by atoms with E-state index in [9.17, 15) is 9.36 Å². The smallest absolute Gasteiger partial charge is 0.395 e. The van der Waals surface area contributed by atoms with Crippen LogP contribution in [0.4, 0.5) is 5.82 Å². The lowest BCUT2D eigenvalue weighted by Gasteiger charge is -2.25. The van der Waals surface area contributed by atoms with E-state index in [1.54, 1.807) is 74.5 Å². The van der Waals surface area contributed by atoms with Gasteiger partial charge in [0.1, 0.15) is 35.6 Å². The topological polar surface area (TPSA) is 133 Å². The van der Waals surface area contributed by atoms with Gasteiger partial charge in [0, 0.05) is 6.20 Å². The number of nitrogens with zero attached hydrogens (tertiary/aromatic N) is 2. The fourth-order valence-corrected chi connectivity index (χ4v) is 5.33. The molecule has 2 N–H and O–H groups in total. The summed E-state index contributed by atoms with van der Waals surface area (Å²) in [5.74, 6) is -0.237. The number of fused-ring (bicyclic) bond motifs is 1. The first-order chi connectivity index (χ1) is 17.2. The van der Waals surface area contributed by atoms with Gasteiger partial charge in [-0.2, -0.15) is 4.98 Å². The average molecular weight is 515 g/mol. The Kier molecular flexibility index (Phi) is 6.59. The predicted molar refractivity (Wildman–Crippen MR) is 128 cm³/mol. The van der Waals surface area contributed by atoms with Crippen LogP contribution in [0.1, 0.15) is 20.1 Å². The molecule has 2 aliphatic rings. The Hall–Kier alpha value is -3.21. The minimum absolute atomic E-state index is 0.0895. The van der Waals surface area contributed by atoms with E-state index in [0.29, 0.717) is 11.5 Å². The molecule has 4 atom stereocenters.